The Hall–Kier alpha value is -14.4. The molecule has 0 unspecified atom stereocenters. The molecule has 112 heavy (non-hydrogen) atoms. The molecule has 0 saturated carbocycles. The maximum absolute atomic E-state index is 2.52. The van der Waals surface area contributed by atoms with E-state index in [-0.39, 0.29) is 0 Å². The maximum atomic E-state index is 2.52. The first-order chi connectivity index (χ1) is 55.5. The standard InChI is InChI=1S/C110H72N2/c1-5-27-85(28-6-1)109(86-29-7-2-8-30-86)99-69-81(77-53-47-73(48-54-77)43-45-75-51-65-107-97(67-75)95-37-17-19-39-105(95)111(107)103-41-21-25-79-23-13-15-35-89(79)103)57-61-91(99)93-63-59-83(71-101(93)109)84-60-64-94-92-62-58-82(70-100(92)110(102(94)72-84,87-31-9-3-10-32-87)88-33-11-4-12-34-88)78-55-49-74(50-56-78)44-46-76-52-66-108-98(68-76)96-38-18-20-40-106(96)112(108)104-42-22-26-80-24-14-16-36-90(80)104/h1-72H. The van der Waals surface area contributed by atoms with E-state index >= 15 is 0 Å². The fourth-order valence-electron chi connectivity index (χ4n) is 19.2. The summed E-state index contributed by atoms with van der Waals surface area (Å²) in [5.41, 5.74) is 32.6. The van der Waals surface area contributed by atoms with E-state index in [1.165, 1.54) is 177 Å². The van der Waals surface area contributed by atoms with E-state index < -0.39 is 10.8 Å². The van der Waals surface area contributed by atoms with Crippen molar-refractivity contribution in [1.29, 1.82) is 0 Å². The van der Waals surface area contributed by atoms with Crippen LogP contribution in [0, 0.1) is 0 Å². The number of nitrogens with zero attached hydrogens (tertiary/aromatic N) is 2. The summed E-state index contributed by atoms with van der Waals surface area (Å²) >= 11 is 0. The second-order valence-electron chi connectivity index (χ2n) is 30.2. The quantitative estimate of drug-likeness (QED) is 0.102. The molecular formula is C110H72N2. The zero-order chi connectivity index (χ0) is 73.9. The van der Waals surface area contributed by atoms with Gasteiger partial charge in [-0.2, -0.15) is 0 Å². The molecule has 0 radical (unpaired) electrons. The molecule has 0 saturated heterocycles. The molecule has 22 rings (SSSR count). The molecule has 0 spiro atoms. The Balaban J connectivity index is 0.600. The molecule has 0 aliphatic heterocycles. The predicted molar refractivity (Wildman–Crippen MR) is 472 cm³/mol. The summed E-state index contributed by atoms with van der Waals surface area (Å²) < 4.78 is 4.86. The molecular weight excluding hydrogens is 1350 g/mol. The highest BCUT2D eigenvalue weighted by Gasteiger charge is 2.48. The minimum absolute atomic E-state index is 0.641. The highest BCUT2D eigenvalue weighted by molar-refractivity contribution is 6.13. The molecule has 0 N–H and O–H groups in total. The van der Waals surface area contributed by atoms with E-state index in [4.69, 9.17) is 0 Å². The molecule has 2 nitrogen and oxygen atoms in total. The Morgan fingerprint density at radius 2 is 0.446 bits per heavy atom. The normalized spacial score (nSPS) is 13.2. The number of benzene rings is 18. The van der Waals surface area contributed by atoms with Crippen molar-refractivity contribution in [3.63, 3.8) is 0 Å². The van der Waals surface area contributed by atoms with Gasteiger partial charge in [-0.25, -0.2) is 0 Å². The lowest BCUT2D eigenvalue weighted by molar-refractivity contribution is 0.768. The lowest BCUT2D eigenvalue weighted by atomic mass is 9.66. The number of rotatable bonds is 13. The van der Waals surface area contributed by atoms with Gasteiger partial charge in [0.25, 0.3) is 0 Å². The summed E-state index contributed by atoms with van der Waals surface area (Å²) in [7, 11) is 0. The molecule has 2 heterocycles. The van der Waals surface area contributed by atoms with Crippen molar-refractivity contribution in [2.24, 2.45) is 0 Å². The molecule has 20 aromatic rings. The predicted octanol–water partition coefficient (Wildman–Crippen LogP) is 28.3. The van der Waals surface area contributed by atoms with Gasteiger partial charge in [-0.15, -0.1) is 0 Å². The van der Waals surface area contributed by atoms with Crippen molar-refractivity contribution in [2.75, 3.05) is 0 Å². The molecule has 0 bridgehead atoms. The van der Waals surface area contributed by atoms with Gasteiger partial charge in [-0.3, -0.25) is 0 Å². The largest absolute Gasteiger partial charge is 0.309 e. The molecule has 2 aromatic heterocycles. The molecule has 2 heteroatoms. The Labute approximate surface area is 651 Å². The fraction of sp³-hybridized carbons (Fsp3) is 0.0182. The second-order valence-corrected chi connectivity index (χ2v) is 30.2. The van der Waals surface area contributed by atoms with E-state index in [1.807, 2.05) is 0 Å². The fourth-order valence-corrected chi connectivity index (χ4v) is 19.2. The van der Waals surface area contributed by atoms with E-state index in [2.05, 4.69) is 446 Å². The number of fused-ring (bicyclic) bond motifs is 14. The third kappa shape index (κ3) is 10.2. The van der Waals surface area contributed by atoms with Crippen LogP contribution in [0.15, 0.2) is 413 Å². The highest BCUT2D eigenvalue weighted by Crippen LogP contribution is 2.60. The third-order valence-electron chi connectivity index (χ3n) is 24.3. The topological polar surface area (TPSA) is 9.86 Å². The Bertz CT molecular complexity index is 6670. The molecule has 2 aliphatic rings. The molecule has 0 fully saturated rings. The lowest BCUT2D eigenvalue weighted by Crippen LogP contribution is -2.29. The Kier molecular flexibility index (Phi) is 15.1. The first-order valence-electron chi connectivity index (χ1n) is 38.9. The van der Waals surface area contributed by atoms with Gasteiger partial charge in [0.2, 0.25) is 0 Å². The van der Waals surface area contributed by atoms with E-state index in [0.29, 0.717) is 0 Å². The van der Waals surface area contributed by atoms with Crippen LogP contribution >= 0.6 is 0 Å². The van der Waals surface area contributed by atoms with Crippen molar-refractivity contribution >= 4 is 89.5 Å². The van der Waals surface area contributed by atoms with Gasteiger partial charge < -0.3 is 9.13 Å². The monoisotopic (exact) mass is 1420 g/mol. The minimum Gasteiger partial charge on any atom is -0.309 e. The summed E-state index contributed by atoms with van der Waals surface area (Å²) in [6.07, 6.45) is 9.00. The van der Waals surface area contributed by atoms with Crippen molar-refractivity contribution in [2.45, 2.75) is 10.8 Å². The van der Waals surface area contributed by atoms with Gasteiger partial charge in [0.05, 0.1) is 44.3 Å². The van der Waals surface area contributed by atoms with Crippen LogP contribution in [0.5, 0.6) is 0 Å². The van der Waals surface area contributed by atoms with Crippen LogP contribution in [0.25, 0.3) is 156 Å². The van der Waals surface area contributed by atoms with Crippen LogP contribution in [0.3, 0.4) is 0 Å². The van der Waals surface area contributed by atoms with Crippen LogP contribution in [-0.4, -0.2) is 9.13 Å². The van der Waals surface area contributed by atoms with E-state index in [0.717, 1.165) is 22.3 Å². The zero-order valence-corrected chi connectivity index (χ0v) is 61.5. The lowest BCUT2D eigenvalue weighted by Gasteiger charge is -2.35. The minimum atomic E-state index is -0.641. The Morgan fingerprint density at radius 3 is 0.804 bits per heavy atom. The van der Waals surface area contributed by atoms with Gasteiger partial charge in [0.15, 0.2) is 0 Å². The van der Waals surface area contributed by atoms with Gasteiger partial charge in [-0.1, -0.05) is 364 Å². The number of aromatic nitrogens is 2. The van der Waals surface area contributed by atoms with Crippen molar-refractivity contribution in [3.8, 4) is 67.0 Å². The Morgan fingerprint density at radius 1 is 0.179 bits per heavy atom. The van der Waals surface area contributed by atoms with Gasteiger partial charge in [0, 0.05) is 32.3 Å². The smallest absolute Gasteiger partial charge is 0.0713 e. The molecule has 522 valence electrons. The summed E-state index contributed by atoms with van der Waals surface area (Å²) in [5, 5.41) is 9.92. The number of hydrogen-bond donors (Lipinski definition) is 0. The van der Waals surface area contributed by atoms with E-state index in [1.54, 1.807) is 0 Å². The van der Waals surface area contributed by atoms with Crippen molar-refractivity contribution in [1.82, 2.24) is 9.13 Å². The van der Waals surface area contributed by atoms with Crippen LogP contribution in [-0.2, 0) is 10.8 Å². The molecule has 0 atom stereocenters. The van der Waals surface area contributed by atoms with Gasteiger partial charge >= 0.3 is 0 Å². The highest BCUT2D eigenvalue weighted by atomic mass is 15.0. The third-order valence-corrected chi connectivity index (χ3v) is 24.3. The van der Waals surface area contributed by atoms with Crippen LogP contribution < -0.4 is 0 Å². The molecule has 18 aromatic carbocycles. The van der Waals surface area contributed by atoms with Crippen molar-refractivity contribution < 1.29 is 0 Å². The summed E-state index contributed by atoms with van der Waals surface area (Å²) in [5.74, 6) is 0. The van der Waals surface area contributed by atoms with Crippen LogP contribution in [0.1, 0.15) is 66.8 Å². The SMILES string of the molecule is C(=Cc1ccc2c(c1)c1ccccc1n2-c1cccc2ccccc12)c1ccc(-c2ccc3c(c2)C(c2ccccc2)(c2ccccc2)c2cc(-c4ccc5c(c4)C(c4ccccc4)(c4ccccc4)c4cc(-c6ccc(C=Cc7ccc8c(c7)c7ccccc7n8-c7cccc8ccccc78)cc6)ccc4-5)ccc2-3)cc1. The number of hydrogen-bond acceptors (Lipinski definition) is 0. The first kappa shape index (κ1) is 64.7. The van der Waals surface area contributed by atoms with Crippen LogP contribution in [0.2, 0.25) is 0 Å². The summed E-state index contributed by atoms with van der Waals surface area (Å²) in [4.78, 5) is 0. The average Bonchev–Trinajstić information content (AvgIpc) is 1.54. The maximum Gasteiger partial charge on any atom is 0.0713 e. The van der Waals surface area contributed by atoms with Gasteiger partial charge in [-0.05, 0) is 206 Å². The average molecular weight is 1420 g/mol. The molecule has 2 aliphatic carbocycles. The first-order valence-corrected chi connectivity index (χ1v) is 38.9. The second kappa shape index (κ2) is 26.2. The van der Waals surface area contributed by atoms with Crippen LogP contribution in [0.4, 0.5) is 0 Å². The summed E-state index contributed by atoms with van der Waals surface area (Å²) in [6.45, 7) is 0. The molecule has 0 amide bonds. The van der Waals surface area contributed by atoms with Crippen molar-refractivity contribution in [3.05, 3.63) is 479 Å². The van der Waals surface area contributed by atoms with Gasteiger partial charge in [0.1, 0.15) is 0 Å². The summed E-state index contributed by atoms with van der Waals surface area (Å²) in [6, 6.07) is 154. The number of para-hydroxylation sites is 2. The zero-order valence-electron chi connectivity index (χ0n) is 61.5. The van der Waals surface area contributed by atoms with E-state index in [9.17, 15) is 0 Å².